The van der Waals surface area contributed by atoms with Crippen LogP contribution in [0.2, 0.25) is 0 Å². The minimum atomic E-state index is -5.03. The molecule has 4 aromatic carbocycles. The fourth-order valence-electron chi connectivity index (χ4n) is 5.75. The topological polar surface area (TPSA) is 504 Å². The number of benzene rings is 4. The van der Waals surface area contributed by atoms with Crippen LogP contribution in [-0.2, 0) is 61.2 Å². The fraction of sp³-hybridized carbons (Fsp3) is 0.270. The standard InChI is InChI=1S/C37H41N11O17S8.O3S/c1-22-16-31(33(67-11-4-14-70(54,55)56)20-28(22)45-44-27-9-8-24(48(49)50)18-34(27)73(63,64)65)47-46-30-21-32(66-10-3-13-69(51,52)53)26(38)19-29(30)40-36-41-35(39-23-6-2-7-25(17-23)72(60,61)62)42-37(43-36)68-12-5-15-71(57,58)59;1-4(2)3/h2,6-9,16-21H,3-5,10-15,38H2,1H3,(H,51,52,53)(H,54,55,56)(H,57,58,59)(H,60,61,62)(H,63,64,65)(H2,39,40,41,42,43);. The highest BCUT2D eigenvalue weighted by Gasteiger charge is 2.22. The van der Waals surface area contributed by atoms with Gasteiger partial charge in [0.15, 0.2) is 5.16 Å². The summed E-state index contributed by atoms with van der Waals surface area (Å²) in [6.45, 7) is 1.56. The highest BCUT2D eigenvalue weighted by molar-refractivity contribution is 8.00. The number of rotatable bonds is 26. The minimum absolute atomic E-state index is 0.00500. The summed E-state index contributed by atoms with van der Waals surface area (Å²) in [6.07, 6.45) is -0.0633. The van der Waals surface area contributed by atoms with Gasteiger partial charge in [-0.05, 0) is 91.8 Å². The van der Waals surface area contributed by atoms with Crippen molar-refractivity contribution in [2.75, 3.05) is 50.9 Å². The van der Waals surface area contributed by atoms with Gasteiger partial charge in [0.1, 0.15) is 16.3 Å². The number of hydrogen-bond acceptors (Lipinski definition) is 28. The van der Waals surface area contributed by atoms with E-state index in [1.807, 2.05) is 0 Å². The summed E-state index contributed by atoms with van der Waals surface area (Å²) in [6, 6.07) is 13.3. The number of nitro groups is 1. The Bertz CT molecular complexity index is 3780. The smallest absolute Gasteiger partial charge is 0.398 e. The van der Waals surface area contributed by atoms with E-state index >= 15 is 0 Å². The van der Waals surface area contributed by atoms with E-state index in [1.165, 1.54) is 36.4 Å². The second-order valence-electron chi connectivity index (χ2n) is 15.0. The van der Waals surface area contributed by atoms with Crippen LogP contribution in [0.1, 0.15) is 24.8 Å². The molecule has 0 aliphatic heterocycles. The number of aromatic nitrogens is 3. The molecule has 0 unspecified atom stereocenters. The molecule has 5 aromatic rings. The number of nitro benzene ring substituents is 1. The summed E-state index contributed by atoms with van der Waals surface area (Å²) in [7, 11) is -25.7. The normalized spacial score (nSPS) is 12.3. The summed E-state index contributed by atoms with van der Waals surface area (Å²) in [5.41, 5.74) is 6.25. The Morgan fingerprint density at radius 3 is 1.66 bits per heavy atom. The lowest BCUT2D eigenvalue weighted by Gasteiger charge is -2.14. The average molecular weight is 1250 g/mol. The van der Waals surface area contributed by atoms with Crippen molar-refractivity contribution in [3.05, 3.63) is 82.4 Å². The van der Waals surface area contributed by atoms with Gasteiger partial charge in [0.05, 0.1) is 44.1 Å². The highest BCUT2D eigenvalue weighted by Crippen LogP contribution is 2.42. The van der Waals surface area contributed by atoms with E-state index in [9.17, 15) is 75.0 Å². The third-order valence-corrected chi connectivity index (χ3v) is 16.4. The first-order valence-electron chi connectivity index (χ1n) is 20.7. The summed E-state index contributed by atoms with van der Waals surface area (Å²) in [5.74, 6) is -1.81. The third-order valence-electron chi connectivity index (χ3n) is 9.00. The average Bonchev–Trinajstić information content (AvgIpc) is 3.29. The largest absolute Gasteiger partial charge is 0.425 e. The third kappa shape index (κ3) is 22.9. The zero-order valence-electron chi connectivity index (χ0n) is 38.9. The van der Waals surface area contributed by atoms with Gasteiger partial charge in [-0.1, -0.05) is 17.8 Å². The van der Waals surface area contributed by atoms with E-state index < -0.39 is 105 Å². The molecule has 9 N–H and O–H groups in total. The molecule has 31 nitrogen and oxygen atoms in total. The van der Waals surface area contributed by atoms with Gasteiger partial charge in [-0.15, -0.1) is 51.5 Å². The Hall–Kier alpha value is -5.89. The van der Waals surface area contributed by atoms with E-state index in [0.29, 0.717) is 16.5 Å². The number of anilines is 5. The zero-order chi connectivity index (χ0) is 57.5. The number of nitrogens with zero attached hydrogens (tertiary/aromatic N) is 8. The molecule has 0 amide bonds. The zero-order valence-corrected chi connectivity index (χ0v) is 46.3. The molecule has 418 valence electrons. The highest BCUT2D eigenvalue weighted by atomic mass is 32.2. The first-order valence-corrected chi connectivity index (χ1v) is 32.4. The van der Waals surface area contributed by atoms with Crippen molar-refractivity contribution in [3.63, 3.8) is 0 Å². The van der Waals surface area contributed by atoms with Crippen molar-refractivity contribution in [1.82, 2.24) is 15.0 Å². The summed E-state index contributed by atoms with van der Waals surface area (Å²) >= 11 is 3.10. The van der Waals surface area contributed by atoms with Gasteiger partial charge in [-0.25, -0.2) is 0 Å². The van der Waals surface area contributed by atoms with Crippen LogP contribution in [-0.4, -0.2) is 132 Å². The van der Waals surface area contributed by atoms with Gasteiger partial charge in [0.25, 0.3) is 56.3 Å². The number of hydrogen-bond donors (Lipinski definition) is 8. The van der Waals surface area contributed by atoms with Crippen LogP contribution in [0.15, 0.2) is 112 Å². The molecule has 40 heteroatoms. The maximum Gasteiger partial charge on any atom is 0.425 e. The van der Waals surface area contributed by atoms with Crippen LogP contribution in [0.4, 0.5) is 57.4 Å². The molecule has 77 heavy (non-hydrogen) atoms. The Labute approximate surface area is 452 Å². The summed E-state index contributed by atoms with van der Waals surface area (Å²) < 4.78 is 189. The van der Waals surface area contributed by atoms with E-state index in [2.05, 4.69) is 46.0 Å². The van der Waals surface area contributed by atoms with Gasteiger partial charge in [-0.2, -0.15) is 62.2 Å². The Kier molecular flexibility index (Phi) is 22.8. The SMILES string of the molecule is Cc1cc(N=Nc2cc(SCCCS(=O)(=O)O)c(N)cc2Nc2nc(Nc3cccc(S(=O)(=O)O)c3)nc(SCCCS(=O)(=O)O)n2)c(SCCCS(=O)(=O)O)cc1N=Nc1ccc([N+](=O)[O-])cc1S(=O)(=O)O.O=S(=O)=O. The number of thioether (sulfide) groups is 3. The Morgan fingerprint density at radius 1 is 0.610 bits per heavy atom. The maximum absolute atomic E-state index is 12.1. The van der Waals surface area contributed by atoms with E-state index in [0.717, 1.165) is 59.6 Å². The van der Waals surface area contributed by atoms with Gasteiger partial charge < -0.3 is 16.4 Å². The molecular formula is C37H41N11O20S9. The molecule has 0 bridgehead atoms. The van der Waals surface area contributed by atoms with Crippen LogP contribution in [0.25, 0.3) is 0 Å². The number of azo groups is 2. The Morgan fingerprint density at radius 2 is 1.12 bits per heavy atom. The van der Waals surface area contributed by atoms with Crippen molar-refractivity contribution in [2.24, 2.45) is 20.5 Å². The minimum Gasteiger partial charge on any atom is -0.398 e. The van der Waals surface area contributed by atoms with E-state index in [1.54, 1.807) is 6.92 Å². The molecule has 0 saturated heterocycles. The van der Waals surface area contributed by atoms with Crippen LogP contribution < -0.4 is 16.4 Å². The van der Waals surface area contributed by atoms with Crippen molar-refractivity contribution in [2.45, 2.75) is 50.9 Å². The number of nitrogens with two attached hydrogens (primary N) is 1. The molecular weight excluding hydrogens is 1210 g/mol. The molecule has 0 aliphatic rings. The first-order chi connectivity index (χ1) is 35.7. The first kappa shape index (κ1) is 63.6. The number of nitrogens with one attached hydrogen (secondary N) is 2. The molecule has 0 fully saturated rings. The van der Waals surface area contributed by atoms with E-state index in [4.69, 9.17) is 18.4 Å². The second kappa shape index (κ2) is 27.6. The quantitative estimate of drug-likeness (QED) is 0.00550. The predicted octanol–water partition coefficient (Wildman–Crippen LogP) is 6.59. The lowest BCUT2D eigenvalue weighted by atomic mass is 10.2. The molecule has 0 atom stereocenters. The number of aryl methyl sites for hydroxylation is 1. The molecule has 0 saturated carbocycles. The number of non-ortho nitro benzene ring substituents is 1. The molecule has 5 rings (SSSR count). The lowest BCUT2D eigenvalue weighted by molar-refractivity contribution is -0.385. The summed E-state index contributed by atoms with van der Waals surface area (Å²) in [5, 5.41) is 34.1. The van der Waals surface area contributed by atoms with Crippen molar-refractivity contribution >= 4 is 154 Å². The molecule has 1 aromatic heterocycles. The number of nitrogen functional groups attached to an aromatic ring is 1. The van der Waals surface area contributed by atoms with Gasteiger partial charge in [-0.3, -0.25) is 32.9 Å². The molecule has 1 heterocycles. The van der Waals surface area contributed by atoms with Crippen LogP contribution >= 0.6 is 35.3 Å². The molecule has 0 radical (unpaired) electrons. The van der Waals surface area contributed by atoms with Gasteiger partial charge in [0, 0.05) is 39.1 Å². The second-order valence-corrected chi connectivity index (χ2v) is 26.3. The van der Waals surface area contributed by atoms with Crippen LogP contribution in [0.3, 0.4) is 0 Å². The van der Waals surface area contributed by atoms with Crippen molar-refractivity contribution < 1.29 is 82.4 Å². The fourth-order valence-corrected chi connectivity index (χ4v) is 11.6. The maximum atomic E-state index is 12.1. The predicted molar refractivity (Wildman–Crippen MR) is 281 cm³/mol. The molecule has 0 aliphatic carbocycles. The van der Waals surface area contributed by atoms with Crippen molar-refractivity contribution in [1.29, 1.82) is 0 Å². The van der Waals surface area contributed by atoms with Gasteiger partial charge >= 0.3 is 10.6 Å². The monoisotopic (exact) mass is 1250 g/mol. The summed E-state index contributed by atoms with van der Waals surface area (Å²) in [4.78, 5) is 22.8. The molecule has 0 spiro atoms. The van der Waals surface area contributed by atoms with Gasteiger partial charge in [0.2, 0.25) is 11.9 Å². The Balaban J connectivity index is 0.00000309. The van der Waals surface area contributed by atoms with Crippen LogP contribution in [0, 0.1) is 17.0 Å². The lowest BCUT2D eigenvalue weighted by Crippen LogP contribution is -2.07. The van der Waals surface area contributed by atoms with Crippen molar-refractivity contribution in [3.8, 4) is 0 Å². The van der Waals surface area contributed by atoms with Crippen LogP contribution in [0.5, 0.6) is 0 Å². The van der Waals surface area contributed by atoms with E-state index in [-0.39, 0.29) is 92.6 Å².